The van der Waals surface area contributed by atoms with Crippen LogP contribution in [0.4, 0.5) is 8.78 Å². The third kappa shape index (κ3) is 3.81. The molecule has 0 saturated heterocycles. The van der Waals surface area contributed by atoms with E-state index in [0.29, 0.717) is 17.5 Å². The molecule has 2 rings (SSSR count). The zero-order valence-electron chi connectivity index (χ0n) is 10.9. The second-order valence-electron chi connectivity index (χ2n) is 4.78. The van der Waals surface area contributed by atoms with Gasteiger partial charge in [-0.1, -0.05) is 13.8 Å². The summed E-state index contributed by atoms with van der Waals surface area (Å²) >= 11 is 1.38. The number of nitrogens with zero attached hydrogens (tertiary/aromatic N) is 1. The minimum atomic E-state index is -0.453. The Hall–Kier alpha value is -1.33. The summed E-state index contributed by atoms with van der Waals surface area (Å²) in [5.74, 6) is -0.323. The first-order valence-electron chi connectivity index (χ1n) is 6.17. The van der Waals surface area contributed by atoms with Crippen LogP contribution in [-0.2, 0) is 6.54 Å². The van der Waals surface area contributed by atoms with Crippen molar-refractivity contribution in [2.45, 2.75) is 20.4 Å². The number of hydrogen-bond acceptors (Lipinski definition) is 3. The predicted molar refractivity (Wildman–Crippen MR) is 74.0 cm³/mol. The van der Waals surface area contributed by atoms with Gasteiger partial charge in [-0.2, -0.15) is 0 Å². The van der Waals surface area contributed by atoms with Crippen molar-refractivity contribution in [3.8, 4) is 10.6 Å². The predicted octanol–water partition coefficient (Wildman–Crippen LogP) is 3.83. The van der Waals surface area contributed by atoms with E-state index in [-0.39, 0.29) is 5.56 Å². The molecule has 1 N–H and O–H groups in total. The van der Waals surface area contributed by atoms with Crippen LogP contribution in [0.15, 0.2) is 24.4 Å². The maximum Gasteiger partial charge on any atom is 0.133 e. The second-order valence-corrected chi connectivity index (χ2v) is 5.90. The van der Waals surface area contributed by atoms with Gasteiger partial charge in [-0.15, -0.1) is 11.3 Å². The van der Waals surface area contributed by atoms with Gasteiger partial charge in [0.15, 0.2) is 0 Å². The molecule has 0 fully saturated rings. The number of hydrogen-bond donors (Lipinski definition) is 1. The molecule has 0 radical (unpaired) electrons. The third-order valence-corrected chi connectivity index (χ3v) is 3.59. The van der Waals surface area contributed by atoms with Crippen molar-refractivity contribution in [2.24, 2.45) is 5.92 Å². The molecule has 0 unspecified atom stereocenters. The van der Waals surface area contributed by atoms with Gasteiger partial charge in [0.1, 0.15) is 16.6 Å². The maximum atomic E-state index is 13.6. The van der Waals surface area contributed by atoms with E-state index in [2.05, 4.69) is 24.1 Å². The molecule has 1 aromatic carbocycles. The lowest BCUT2D eigenvalue weighted by atomic mass is 10.2. The Morgan fingerprint density at radius 1 is 1.32 bits per heavy atom. The molecule has 5 heteroatoms. The van der Waals surface area contributed by atoms with E-state index < -0.39 is 11.6 Å². The van der Waals surface area contributed by atoms with Crippen molar-refractivity contribution < 1.29 is 8.78 Å². The zero-order chi connectivity index (χ0) is 13.8. The number of aromatic nitrogens is 1. The summed E-state index contributed by atoms with van der Waals surface area (Å²) in [6.07, 6.45) is 1.71. The van der Waals surface area contributed by atoms with Crippen LogP contribution in [0, 0.1) is 17.6 Å². The number of benzene rings is 1. The van der Waals surface area contributed by atoms with Gasteiger partial charge < -0.3 is 5.32 Å². The largest absolute Gasteiger partial charge is 0.312 e. The summed E-state index contributed by atoms with van der Waals surface area (Å²) in [6, 6.07) is 3.42. The average molecular weight is 282 g/mol. The highest BCUT2D eigenvalue weighted by Crippen LogP contribution is 2.28. The van der Waals surface area contributed by atoms with Crippen LogP contribution >= 0.6 is 11.3 Å². The lowest BCUT2D eigenvalue weighted by Crippen LogP contribution is -2.18. The molecular weight excluding hydrogens is 266 g/mol. The Morgan fingerprint density at radius 2 is 2.11 bits per heavy atom. The third-order valence-electron chi connectivity index (χ3n) is 2.56. The monoisotopic (exact) mass is 282 g/mol. The van der Waals surface area contributed by atoms with Crippen molar-refractivity contribution in [2.75, 3.05) is 6.54 Å². The first-order valence-corrected chi connectivity index (χ1v) is 6.98. The Bertz CT molecular complexity index is 552. The molecule has 0 spiro atoms. The van der Waals surface area contributed by atoms with Crippen LogP contribution in [0.1, 0.15) is 18.7 Å². The molecule has 0 bridgehead atoms. The van der Waals surface area contributed by atoms with Crippen LogP contribution in [0.3, 0.4) is 0 Å². The Balaban J connectivity index is 2.10. The fourth-order valence-electron chi connectivity index (χ4n) is 1.66. The molecule has 0 aliphatic heterocycles. The number of rotatable bonds is 5. The summed E-state index contributed by atoms with van der Waals surface area (Å²) in [5, 5.41) is 3.81. The van der Waals surface area contributed by atoms with E-state index in [4.69, 9.17) is 0 Å². The van der Waals surface area contributed by atoms with Gasteiger partial charge in [0.2, 0.25) is 0 Å². The number of nitrogens with one attached hydrogen (secondary N) is 1. The molecular formula is C14H16F2N2S. The van der Waals surface area contributed by atoms with Crippen LogP contribution in [0.5, 0.6) is 0 Å². The summed E-state index contributed by atoms with van der Waals surface area (Å²) in [4.78, 5) is 5.17. The summed E-state index contributed by atoms with van der Waals surface area (Å²) in [7, 11) is 0. The highest BCUT2D eigenvalue weighted by atomic mass is 32.1. The molecule has 2 nitrogen and oxygen atoms in total. The van der Waals surface area contributed by atoms with E-state index >= 15 is 0 Å². The fourth-order valence-corrected chi connectivity index (χ4v) is 2.56. The van der Waals surface area contributed by atoms with Gasteiger partial charge in [0.05, 0.1) is 0 Å². The van der Waals surface area contributed by atoms with Crippen LogP contribution in [0.25, 0.3) is 10.6 Å². The molecule has 0 atom stereocenters. The highest BCUT2D eigenvalue weighted by Gasteiger charge is 2.11. The first-order chi connectivity index (χ1) is 9.06. The smallest absolute Gasteiger partial charge is 0.133 e. The van der Waals surface area contributed by atoms with Crippen molar-refractivity contribution in [3.05, 3.63) is 40.9 Å². The molecule has 2 aromatic rings. The van der Waals surface area contributed by atoms with Crippen LogP contribution in [0.2, 0.25) is 0 Å². The average Bonchev–Trinajstić information content (AvgIpc) is 2.80. The zero-order valence-corrected chi connectivity index (χ0v) is 11.7. The van der Waals surface area contributed by atoms with Gasteiger partial charge in [0, 0.05) is 23.2 Å². The second kappa shape index (κ2) is 6.21. The molecule has 0 aliphatic carbocycles. The summed E-state index contributed by atoms with van der Waals surface area (Å²) in [6.45, 7) is 5.88. The van der Waals surface area contributed by atoms with Crippen molar-refractivity contribution in [3.63, 3.8) is 0 Å². The lowest BCUT2D eigenvalue weighted by Gasteiger charge is -2.04. The molecule has 0 amide bonds. The summed E-state index contributed by atoms with van der Waals surface area (Å²) in [5.41, 5.74) is 0.222. The van der Waals surface area contributed by atoms with Crippen molar-refractivity contribution in [1.29, 1.82) is 0 Å². The number of thiazole rings is 1. The molecule has 0 saturated carbocycles. The molecule has 0 aliphatic rings. The lowest BCUT2D eigenvalue weighted by molar-refractivity contribution is 0.554. The minimum absolute atomic E-state index is 0.222. The molecule has 19 heavy (non-hydrogen) atoms. The van der Waals surface area contributed by atoms with Gasteiger partial charge in [0.25, 0.3) is 0 Å². The van der Waals surface area contributed by atoms with Gasteiger partial charge in [-0.25, -0.2) is 13.8 Å². The minimum Gasteiger partial charge on any atom is -0.312 e. The molecule has 102 valence electrons. The highest BCUT2D eigenvalue weighted by molar-refractivity contribution is 7.15. The number of halogens is 2. The Labute approximate surface area is 115 Å². The summed E-state index contributed by atoms with van der Waals surface area (Å²) < 4.78 is 26.7. The van der Waals surface area contributed by atoms with E-state index in [1.165, 1.54) is 17.4 Å². The fraction of sp³-hybridized carbons (Fsp3) is 0.357. The standard InChI is InChI=1S/C14H16F2N2S/c1-9(2)6-17-7-11-8-18-14(19-11)12-5-10(15)3-4-13(12)16/h3-5,8-9,17H,6-7H2,1-2H3. The van der Waals surface area contributed by atoms with Crippen molar-refractivity contribution in [1.82, 2.24) is 10.3 Å². The molecule has 1 heterocycles. The topological polar surface area (TPSA) is 24.9 Å². The van der Waals surface area contributed by atoms with Crippen molar-refractivity contribution >= 4 is 11.3 Å². The first kappa shape index (κ1) is 14.1. The Kier molecular flexibility index (Phi) is 4.61. The maximum absolute atomic E-state index is 13.6. The van der Waals surface area contributed by atoms with E-state index in [9.17, 15) is 8.78 Å². The van der Waals surface area contributed by atoms with E-state index in [0.717, 1.165) is 23.6 Å². The van der Waals surface area contributed by atoms with Gasteiger partial charge >= 0.3 is 0 Å². The van der Waals surface area contributed by atoms with Gasteiger partial charge in [-0.05, 0) is 30.7 Å². The quantitative estimate of drug-likeness (QED) is 0.901. The van der Waals surface area contributed by atoms with E-state index in [1.807, 2.05) is 0 Å². The normalized spacial score (nSPS) is 11.2. The van der Waals surface area contributed by atoms with Crippen LogP contribution < -0.4 is 5.32 Å². The SMILES string of the molecule is CC(C)CNCc1cnc(-c2cc(F)ccc2F)s1. The van der Waals surface area contributed by atoms with Crippen LogP contribution in [-0.4, -0.2) is 11.5 Å². The van der Waals surface area contributed by atoms with E-state index in [1.54, 1.807) is 6.20 Å². The Morgan fingerprint density at radius 3 is 2.84 bits per heavy atom. The molecule has 1 aromatic heterocycles. The van der Waals surface area contributed by atoms with Gasteiger partial charge in [-0.3, -0.25) is 0 Å².